The van der Waals surface area contributed by atoms with Gasteiger partial charge < -0.3 is 4.90 Å². The van der Waals surface area contributed by atoms with Crippen molar-refractivity contribution < 1.29 is 4.79 Å². The SMILES string of the molecule is O=C1C(Cl)C(c2ccccc2Cl)N1n1c(CN2c3ccccc3Sc3ccccc32)n[nH]c1=S. The molecule has 0 radical (unpaired) electrons. The lowest BCUT2D eigenvalue weighted by Gasteiger charge is -2.45. The summed E-state index contributed by atoms with van der Waals surface area (Å²) in [5.41, 5.74) is 2.90. The zero-order chi connectivity index (χ0) is 23.4. The standard InChI is InChI=1S/C24H17Cl2N5OS2/c25-15-8-2-1-7-14(15)22-21(26)23(32)31(22)30-20(27-28-24(30)33)13-29-16-9-3-5-11-18(16)34-19-12-6-4-10-17(19)29/h1-12,21-22H,13H2,(H,28,33). The Hall–Kier alpha value is -2.78. The number of amides is 1. The highest BCUT2D eigenvalue weighted by Gasteiger charge is 2.50. The van der Waals surface area contributed by atoms with Crippen molar-refractivity contribution in [3.8, 4) is 0 Å². The Balaban J connectivity index is 1.43. The third-order valence-corrected chi connectivity index (χ3v) is 8.15. The number of alkyl halides is 1. The summed E-state index contributed by atoms with van der Waals surface area (Å²) in [5.74, 6) is 0.343. The van der Waals surface area contributed by atoms with Gasteiger partial charge >= 0.3 is 0 Å². The van der Waals surface area contributed by atoms with Crippen LogP contribution in [0.1, 0.15) is 17.4 Å². The van der Waals surface area contributed by atoms with Crippen molar-refractivity contribution in [1.29, 1.82) is 0 Å². The Bertz CT molecular complexity index is 1440. The summed E-state index contributed by atoms with van der Waals surface area (Å²) in [6, 6.07) is 23.4. The molecule has 0 bridgehead atoms. The van der Waals surface area contributed by atoms with E-state index in [4.69, 9.17) is 35.4 Å². The van der Waals surface area contributed by atoms with Crippen LogP contribution in [-0.4, -0.2) is 26.2 Å². The number of carbonyl (C=O) groups excluding carboxylic acids is 1. The van der Waals surface area contributed by atoms with Crippen LogP contribution in [-0.2, 0) is 11.3 Å². The van der Waals surface area contributed by atoms with E-state index >= 15 is 0 Å². The van der Waals surface area contributed by atoms with Crippen molar-refractivity contribution in [1.82, 2.24) is 14.9 Å². The number of hydrogen-bond donors (Lipinski definition) is 1. The number of β-lactam (4-membered cyclic amide) rings is 1. The normalized spacial score (nSPS) is 18.9. The molecule has 1 N–H and O–H groups in total. The first-order valence-electron chi connectivity index (χ1n) is 10.6. The van der Waals surface area contributed by atoms with Crippen LogP contribution in [0.3, 0.4) is 0 Å². The number of nitrogens with one attached hydrogen (secondary N) is 1. The van der Waals surface area contributed by atoms with Crippen molar-refractivity contribution in [3.63, 3.8) is 0 Å². The number of hydrogen-bond acceptors (Lipinski definition) is 5. The zero-order valence-corrected chi connectivity index (χ0v) is 20.7. The molecule has 2 aliphatic heterocycles. The van der Waals surface area contributed by atoms with Gasteiger partial charge in [-0.25, -0.2) is 9.69 Å². The Morgan fingerprint density at radius 2 is 1.59 bits per heavy atom. The van der Waals surface area contributed by atoms with Crippen LogP contribution in [0.25, 0.3) is 0 Å². The summed E-state index contributed by atoms with van der Waals surface area (Å²) in [7, 11) is 0. The number of carbonyl (C=O) groups is 1. The summed E-state index contributed by atoms with van der Waals surface area (Å²) in [4.78, 5) is 17.5. The molecule has 170 valence electrons. The van der Waals surface area contributed by atoms with Crippen LogP contribution in [0.4, 0.5) is 11.4 Å². The Morgan fingerprint density at radius 1 is 0.971 bits per heavy atom. The number of H-pyrrole nitrogens is 1. The van der Waals surface area contributed by atoms with Gasteiger partial charge in [0.05, 0.1) is 17.9 Å². The van der Waals surface area contributed by atoms with E-state index in [-0.39, 0.29) is 5.91 Å². The predicted molar refractivity (Wildman–Crippen MR) is 137 cm³/mol. The van der Waals surface area contributed by atoms with Gasteiger partial charge in [-0.05, 0) is 48.1 Å². The molecule has 2 aliphatic rings. The van der Waals surface area contributed by atoms with E-state index in [1.165, 1.54) is 0 Å². The highest BCUT2D eigenvalue weighted by Crippen LogP contribution is 2.48. The van der Waals surface area contributed by atoms with E-state index in [2.05, 4.69) is 39.4 Å². The van der Waals surface area contributed by atoms with Crippen molar-refractivity contribution in [3.05, 3.63) is 94.0 Å². The zero-order valence-electron chi connectivity index (χ0n) is 17.6. The molecule has 6 nitrogen and oxygen atoms in total. The second-order valence-corrected chi connectivity index (χ2v) is 10.3. The fourth-order valence-electron chi connectivity index (χ4n) is 4.41. The summed E-state index contributed by atoms with van der Waals surface area (Å²) in [6.07, 6.45) is 0. The molecule has 34 heavy (non-hydrogen) atoms. The number of aromatic nitrogens is 3. The molecule has 0 saturated carbocycles. The van der Waals surface area contributed by atoms with Gasteiger partial charge in [0.25, 0.3) is 5.91 Å². The van der Waals surface area contributed by atoms with Gasteiger partial charge in [-0.3, -0.25) is 9.89 Å². The van der Waals surface area contributed by atoms with Gasteiger partial charge in [-0.1, -0.05) is 65.8 Å². The summed E-state index contributed by atoms with van der Waals surface area (Å²) < 4.78 is 1.97. The van der Waals surface area contributed by atoms with E-state index in [9.17, 15) is 4.79 Å². The largest absolute Gasteiger partial charge is 0.332 e. The first-order chi connectivity index (χ1) is 16.5. The van der Waals surface area contributed by atoms with E-state index in [1.807, 2.05) is 42.5 Å². The van der Waals surface area contributed by atoms with Gasteiger partial charge in [0, 0.05) is 14.8 Å². The van der Waals surface area contributed by atoms with Crippen molar-refractivity contribution in [2.75, 3.05) is 9.91 Å². The maximum Gasteiger partial charge on any atom is 0.262 e. The molecule has 10 heteroatoms. The van der Waals surface area contributed by atoms with E-state index in [1.54, 1.807) is 27.5 Å². The fourth-order valence-corrected chi connectivity index (χ4v) is 6.33. The third-order valence-electron chi connectivity index (χ3n) is 5.99. The number of nitrogens with zero attached hydrogens (tertiary/aromatic N) is 4. The average molecular weight is 526 g/mol. The van der Waals surface area contributed by atoms with Crippen LogP contribution < -0.4 is 9.91 Å². The first-order valence-corrected chi connectivity index (χ1v) is 12.6. The molecule has 2 atom stereocenters. The Labute approximate surface area is 215 Å². The molecule has 4 aromatic rings. The van der Waals surface area contributed by atoms with Crippen LogP contribution in [0, 0.1) is 4.77 Å². The smallest absolute Gasteiger partial charge is 0.262 e. The molecular weight excluding hydrogens is 509 g/mol. The molecular formula is C24H17Cl2N5OS2. The fraction of sp³-hybridized carbons (Fsp3) is 0.125. The van der Waals surface area contributed by atoms with Crippen LogP contribution >= 0.6 is 47.2 Å². The quantitative estimate of drug-likeness (QED) is 0.194. The molecule has 6 rings (SSSR count). The van der Waals surface area contributed by atoms with Gasteiger partial charge in [0.15, 0.2) is 5.82 Å². The number of rotatable bonds is 4. The summed E-state index contributed by atoms with van der Waals surface area (Å²) >= 11 is 20.2. The summed E-state index contributed by atoms with van der Waals surface area (Å²) in [6.45, 7) is 0.397. The van der Waals surface area contributed by atoms with E-state index in [0.29, 0.717) is 22.2 Å². The van der Waals surface area contributed by atoms with Crippen LogP contribution in [0.2, 0.25) is 5.02 Å². The number of fused-ring (bicyclic) bond motifs is 2. The third kappa shape index (κ3) is 3.36. The van der Waals surface area contributed by atoms with Crippen molar-refractivity contribution in [2.45, 2.75) is 27.8 Å². The monoisotopic (exact) mass is 525 g/mol. The molecule has 3 aromatic carbocycles. The lowest BCUT2D eigenvalue weighted by molar-refractivity contribution is -0.126. The molecule has 1 saturated heterocycles. The molecule has 1 fully saturated rings. The average Bonchev–Trinajstić information content (AvgIpc) is 3.21. The number of aromatic amines is 1. The minimum absolute atomic E-state index is 0.250. The Morgan fingerprint density at radius 3 is 2.26 bits per heavy atom. The predicted octanol–water partition coefficient (Wildman–Crippen LogP) is 6.22. The number of halogens is 2. The minimum Gasteiger partial charge on any atom is -0.332 e. The number of benzene rings is 3. The molecule has 2 unspecified atom stereocenters. The molecule has 1 amide bonds. The first kappa shape index (κ1) is 21.7. The van der Waals surface area contributed by atoms with Crippen LogP contribution in [0.15, 0.2) is 82.6 Å². The van der Waals surface area contributed by atoms with Gasteiger partial charge in [0.1, 0.15) is 11.4 Å². The van der Waals surface area contributed by atoms with Gasteiger partial charge in [-0.15, -0.1) is 11.6 Å². The summed E-state index contributed by atoms with van der Waals surface area (Å²) in [5, 5.41) is 8.71. The molecule has 3 heterocycles. The minimum atomic E-state index is -0.739. The Kier molecular flexibility index (Phi) is 5.41. The van der Waals surface area contributed by atoms with Gasteiger partial charge in [0.2, 0.25) is 4.77 Å². The number of para-hydroxylation sites is 2. The lowest BCUT2D eigenvalue weighted by Crippen LogP contribution is -2.62. The molecule has 0 aliphatic carbocycles. The highest BCUT2D eigenvalue weighted by molar-refractivity contribution is 7.99. The van der Waals surface area contributed by atoms with E-state index in [0.717, 1.165) is 26.7 Å². The second kappa shape index (κ2) is 8.46. The topological polar surface area (TPSA) is 57.2 Å². The van der Waals surface area contributed by atoms with Crippen LogP contribution in [0.5, 0.6) is 0 Å². The van der Waals surface area contributed by atoms with Gasteiger partial charge in [-0.2, -0.15) is 5.10 Å². The second-order valence-electron chi connectivity index (χ2n) is 7.93. The van der Waals surface area contributed by atoms with Crippen molar-refractivity contribution in [2.24, 2.45) is 0 Å². The molecule has 1 aromatic heterocycles. The number of anilines is 2. The maximum atomic E-state index is 13.0. The molecule has 0 spiro atoms. The van der Waals surface area contributed by atoms with E-state index < -0.39 is 11.4 Å². The highest BCUT2D eigenvalue weighted by atomic mass is 35.5. The maximum absolute atomic E-state index is 13.0. The van der Waals surface area contributed by atoms with Crippen molar-refractivity contribution >= 4 is 64.5 Å². The lowest BCUT2D eigenvalue weighted by atomic mass is 9.95.